The van der Waals surface area contributed by atoms with Crippen molar-refractivity contribution in [2.24, 2.45) is 0 Å². The van der Waals surface area contributed by atoms with Crippen LogP contribution < -0.4 is 0 Å². The van der Waals surface area contributed by atoms with Gasteiger partial charge in [0.1, 0.15) is 18.3 Å². The Hall–Kier alpha value is -0.730. The standard InChI is InChI=1S/C7H12O7/c1-13-7-4(10)2(8)3(9)5(14-7)6(11)12/h2-5,7-10H,1H3,(H,11,12)/t2-,3+,4-,5-,7-/m1/s1. The highest BCUT2D eigenvalue weighted by Crippen LogP contribution is 2.21. The molecule has 0 spiro atoms. The molecule has 1 rings (SSSR count). The van der Waals surface area contributed by atoms with Crippen molar-refractivity contribution in [3.05, 3.63) is 0 Å². The molecular formula is C7H12O7. The van der Waals surface area contributed by atoms with Crippen molar-refractivity contribution in [2.45, 2.75) is 30.7 Å². The van der Waals surface area contributed by atoms with Crippen LogP contribution in [0.4, 0.5) is 0 Å². The zero-order valence-corrected chi connectivity index (χ0v) is 7.40. The van der Waals surface area contributed by atoms with Crippen molar-refractivity contribution >= 4 is 5.97 Å². The van der Waals surface area contributed by atoms with Crippen LogP contribution in [0.1, 0.15) is 0 Å². The van der Waals surface area contributed by atoms with Crippen molar-refractivity contribution in [1.82, 2.24) is 0 Å². The number of carbonyl (C=O) groups is 1. The van der Waals surface area contributed by atoms with E-state index in [9.17, 15) is 20.1 Å². The zero-order chi connectivity index (χ0) is 10.9. The average Bonchev–Trinajstić information content (AvgIpc) is 2.14. The molecule has 5 atom stereocenters. The van der Waals surface area contributed by atoms with Crippen LogP contribution in [0.3, 0.4) is 0 Å². The van der Waals surface area contributed by atoms with Gasteiger partial charge in [0.05, 0.1) is 0 Å². The van der Waals surface area contributed by atoms with Crippen LogP contribution in [0.25, 0.3) is 0 Å². The van der Waals surface area contributed by atoms with Crippen LogP contribution in [0, 0.1) is 0 Å². The molecule has 4 N–H and O–H groups in total. The minimum absolute atomic E-state index is 1.19. The molecule has 1 saturated heterocycles. The van der Waals surface area contributed by atoms with E-state index in [0.29, 0.717) is 0 Å². The summed E-state index contributed by atoms with van der Waals surface area (Å²) in [6, 6.07) is 0. The topological polar surface area (TPSA) is 116 Å². The van der Waals surface area contributed by atoms with E-state index in [-0.39, 0.29) is 0 Å². The Kier molecular flexibility index (Phi) is 3.40. The van der Waals surface area contributed by atoms with Gasteiger partial charge in [0, 0.05) is 7.11 Å². The van der Waals surface area contributed by atoms with Gasteiger partial charge in [0.25, 0.3) is 0 Å². The number of hydrogen-bond donors (Lipinski definition) is 4. The highest BCUT2D eigenvalue weighted by atomic mass is 16.7. The third-order valence-corrected chi connectivity index (χ3v) is 2.05. The predicted octanol–water partition coefficient (Wildman–Crippen LogP) is -2.47. The Morgan fingerprint density at radius 1 is 1.21 bits per heavy atom. The minimum atomic E-state index is -1.67. The molecular weight excluding hydrogens is 196 g/mol. The minimum Gasteiger partial charge on any atom is -0.479 e. The van der Waals surface area contributed by atoms with Crippen molar-refractivity contribution < 1.29 is 34.7 Å². The number of hydrogen-bond acceptors (Lipinski definition) is 6. The van der Waals surface area contributed by atoms with Crippen LogP contribution in [-0.4, -0.2) is 64.2 Å². The van der Waals surface area contributed by atoms with Crippen molar-refractivity contribution in [2.75, 3.05) is 7.11 Å². The monoisotopic (exact) mass is 208 g/mol. The lowest BCUT2D eigenvalue weighted by molar-refractivity contribution is -0.287. The first-order valence-electron chi connectivity index (χ1n) is 3.94. The summed E-state index contributed by atoms with van der Waals surface area (Å²) in [4.78, 5) is 10.5. The Labute approximate surface area is 79.5 Å². The molecule has 1 fully saturated rings. The molecule has 0 amide bonds. The summed E-state index contributed by atoms with van der Waals surface area (Å²) in [5.41, 5.74) is 0. The lowest BCUT2D eigenvalue weighted by atomic mass is 9.99. The molecule has 0 radical (unpaired) electrons. The van der Waals surface area contributed by atoms with E-state index in [2.05, 4.69) is 4.74 Å². The molecule has 0 unspecified atom stereocenters. The SMILES string of the molecule is CO[C@@H]1O[C@@H](C(=O)O)[C@@H](O)[C@@H](O)[C@H]1O. The molecule has 7 heteroatoms. The van der Waals surface area contributed by atoms with Crippen LogP contribution in [-0.2, 0) is 14.3 Å². The Balaban J connectivity index is 2.78. The van der Waals surface area contributed by atoms with Gasteiger partial charge >= 0.3 is 5.97 Å². The summed E-state index contributed by atoms with van der Waals surface area (Å²) < 4.78 is 9.31. The molecule has 0 bridgehead atoms. The van der Waals surface area contributed by atoms with E-state index >= 15 is 0 Å². The van der Waals surface area contributed by atoms with E-state index < -0.39 is 36.7 Å². The average molecular weight is 208 g/mol. The number of rotatable bonds is 2. The second-order valence-electron chi connectivity index (χ2n) is 2.97. The number of methoxy groups -OCH3 is 1. The summed E-state index contributed by atoms with van der Waals surface area (Å²) in [7, 11) is 1.19. The maximum absolute atomic E-state index is 10.5. The molecule has 0 aliphatic carbocycles. The Bertz CT molecular complexity index is 216. The molecule has 0 aromatic carbocycles. The quantitative estimate of drug-likeness (QED) is 0.397. The zero-order valence-electron chi connectivity index (χ0n) is 7.40. The van der Waals surface area contributed by atoms with Crippen molar-refractivity contribution in [3.63, 3.8) is 0 Å². The number of aliphatic carboxylic acids is 1. The second kappa shape index (κ2) is 4.20. The molecule has 1 aliphatic heterocycles. The van der Waals surface area contributed by atoms with Gasteiger partial charge in [-0.2, -0.15) is 0 Å². The Morgan fingerprint density at radius 3 is 2.21 bits per heavy atom. The molecule has 14 heavy (non-hydrogen) atoms. The first kappa shape index (κ1) is 11.3. The summed E-state index contributed by atoms with van der Waals surface area (Å²) in [6.07, 6.45) is -7.60. The van der Waals surface area contributed by atoms with Crippen molar-refractivity contribution in [3.8, 4) is 0 Å². The number of carboxylic acids is 1. The summed E-state index contributed by atoms with van der Waals surface area (Å²) in [5.74, 6) is -1.43. The van der Waals surface area contributed by atoms with E-state index in [4.69, 9.17) is 9.84 Å². The normalized spacial score (nSPS) is 43.6. The lowest BCUT2D eigenvalue weighted by Gasteiger charge is -2.37. The highest BCUT2D eigenvalue weighted by Gasteiger charge is 2.46. The molecule has 1 aliphatic rings. The highest BCUT2D eigenvalue weighted by molar-refractivity contribution is 5.73. The number of aliphatic hydroxyl groups is 3. The molecule has 0 aromatic heterocycles. The smallest absolute Gasteiger partial charge is 0.335 e. The maximum Gasteiger partial charge on any atom is 0.335 e. The van der Waals surface area contributed by atoms with Crippen LogP contribution in [0.2, 0.25) is 0 Å². The van der Waals surface area contributed by atoms with Crippen LogP contribution >= 0.6 is 0 Å². The van der Waals surface area contributed by atoms with E-state index in [1.54, 1.807) is 0 Å². The molecule has 1 heterocycles. The molecule has 7 nitrogen and oxygen atoms in total. The number of aliphatic hydroxyl groups excluding tert-OH is 3. The molecule has 0 aromatic rings. The van der Waals surface area contributed by atoms with Crippen LogP contribution in [0.5, 0.6) is 0 Å². The summed E-state index contributed by atoms with van der Waals surface area (Å²) in [5, 5.41) is 36.3. The summed E-state index contributed by atoms with van der Waals surface area (Å²) >= 11 is 0. The number of ether oxygens (including phenoxy) is 2. The fourth-order valence-corrected chi connectivity index (χ4v) is 1.25. The summed E-state index contributed by atoms with van der Waals surface area (Å²) in [6.45, 7) is 0. The fraction of sp³-hybridized carbons (Fsp3) is 0.857. The first-order chi connectivity index (χ1) is 6.49. The number of carboxylic acid groups (broad SMARTS) is 1. The van der Waals surface area contributed by atoms with Crippen LogP contribution in [0.15, 0.2) is 0 Å². The lowest BCUT2D eigenvalue weighted by Crippen LogP contribution is -2.60. The van der Waals surface area contributed by atoms with E-state index in [1.165, 1.54) is 7.11 Å². The van der Waals surface area contributed by atoms with Gasteiger partial charge in [-0.1, -0.05) is 0 Å². The van der Waals surface area contributed by atoms with Crippen molar-refractivity contribution in [1.29, 1.82) is 0 Å². The van der Waals surface area contributed by atoms with Gasteiger partial charge in [0.15, 0.2) is 12.4 Å². The fourth-order valence-electron chi connectivity index (χ4n) is 1.25. The van der Waals surface area contributed by atoms with E-state index in [0.717, 1.165) is 0 Å². The van der Waals surface area contributed by atoms with Gasteiger partial charge in [-0.05, 0) is 0 Å². The third kappa shape index (κ3) is 1.86. The van der Waals surface area contributed by atoms with Gasteiger partial charge < -0.3 is 29.9 Å². The third-order valence-electron chi connectivity index (χ3n) is 2.05. The maximum atomic E-state index is 10.5. The van der Waals surface area contributed by atoms with Gasteiger partial charge in [-0.3, -0.25) is 0 Å². The second-order valence-corrected chi connectivity index (χ2v) is 2.97. The largest absolute Gasteiger partial charge is 0.479 e. The predicted molar refractivity (Wildman–Crippen MR) is 41.3 cm³/mol. The van der Waals surface area contributed by atoms with E-state index in [1.807, 2.05) is 0 Å². The van der Waals surface area contributed by atoms with Gasteiger partial charge in [0.2, 0.25) is 0 Å². The van der Waals surface area contributed by atoms with Gasteiger partial charge in [-0.15, -0.1) is 0 Å². The molecule has 0 saturated carbocycles. The first-order valence-corrected chi connectivity index (χ1v) is 3.94. The Morgan fingerprint density at radius 2 is 1.79 bits per heavy atom. The molecule has 82 valence electrons. The van der Waals surface area contributed by atoms with Gasteiger partial charge in [-0.25, -0.2) is 4.79 Å².